The second kappa shape index (κ2) is 5.71. The molecule has 3 rings (SSSR count). The molecule has 4 nitrogen and oxygen atoms in total. The zero-order chi connectivity index (χ0) is 14.7. The van der Waals surface area contributed by atoms with E-state index >= 15 is 0 Å². The maximum absolute atomic E-state index is 4.31. The van der Waals surface area contributed by atoms with Crippen LogP contribution in [0.3, 0.4) is 0 Å². The summed E-state index contributed by atoms with van der Waals surface area (Å²) in [6.45, 7) is 4.16. The van der Waals surface area contributed by atoms with Crippen LogP contribution in [0.1, 0.15) is 11.1 Å². The standard InChI is InChI=1S/C17H16N4/c1-12-6-5-7-13(2)17(12)21-16-10-15(19-11-20-16)14-8-3-4-9-18-14/h3-11H,1-2H3,(H,19,20,21). The fourth-order valence-electron chi connectivity index (χ4n) is 2.22. The van der Waals surface area contributed by atoms with Crippen LogP contribution in [0, 0.1) is 13.8 Å². The minimum absolute atomic E-state index is 0.767. The molecule has 0 spiro atoms. The quantitative estimate of drug-likeness (QED) is 0.788. The highest BCUT2D eigenvalue weighted by atomic mass is 15.0. The summed E-state index contributed by atoms with van der Waals surface area (Å²) in [6.07, 6.45) is 3.32. The monoisotopic (exact) mass is 276 g/mol. The molecule has 0 atom stereocenters. The maximum Gasteiger partial charge on any atom is 0.134 e. The van der Waals surface area contributed by atoms with Crippen LogP contribution < -0.4 is 5.32 Å². The predicted octanol–water partition coefficient (Wildman–Crippen LogP) is 3.90. The molecule has 0 saturated heterocycles. The zero-order valence-electron chi connectivity index (χ0n) is 12.0. The van der Waals surface area contributed by atoms with E-state index in [1.165, 1.54) is 11.1 Å². The number of aryl methyl sites for hydroxylation is 2. The second-order valence-corrected chi connectivity index (χ2v) is 4.90. The van der Waals surface area contributed by atoms with Gasteiger partial charge in [-0.2, -0.15) is 0 Å². The molecule has 0 unspecified atom stereocenters. The Bertz CT molecular complexity index is 733. The van der Waals surface area contributed by atoms with Gasteiger partial charge in [0.1, 0.15) is 12.1 Å². The Morgan fingerprint density at radius 1 is 0.810 bits per heavy atom. The Hall–Kier alpha value is -2.75. The third-order valence-corrected chi connectivity index (χ3v) is 3.33. The summed E-state index contributed by atoms with van der Waals surface area (Å²) in [5.41, 5.74) is 5.10. The van der Waals surface area contributed by atoms with Gasteiger partial charge in [0.25, 0.3) is 0 Å². The molecule has 0 bridgehead atoms. The molecule has 4 heteroatoms. The van der Waals surface area contributed by atoms with E-state index in [1.54, 1.807) is 12.5 Å². The van der Waals surface area contributed by atoms with Crippen molar-refractivity contribution in [3.8, 4) is 11.4 Å². The van der Waals surface area contributed by atoms with Crippen molar-refractivity contribution in [1.29, 1.82) is 0 Å². The molecule has 21 heavy (non-hydrogen) atoms. The first-order valence-electron chi connectivity index (χ1n) is 6.81. The van der Waals surface area contributed by atoms with Crippen LogP contribution in [0.4, 0.5) is 11.5 Å². The fourth-order valence-corrected chi connectivity index (χ4v) is 2.22. The molecule has 1 N–H and O–H groups in total. The number of nitrogens with one attached hydrogen (secondary N) is 1. The van der Waals surface area contributed by atoms with Gasteiger partial charge in [0, 0.05) is 18.0 Å². The number of anilines is 2. The third kappa shape index (κ3) is 2.89. The summed E-state index contributed by atoms with van der Waals surface area (Å²) in [6, 6.07) is 13.9. The van der Waals surface area contributed by atoms with Crippen LogP contribution in [0.15, 0.2) is 55.0 Å². The molecule has 2 heterocycles. The van der Waals surface area contributed by atoms with Crippen LogP contribution in [0.2, 0.25) is 0 Å². The van der Waals surface area contributed by atoms with E-state index in [4.69, 9.17) is 0 Å². The van der Waals surface area contributed by atoms with Gasteiger partial charge in [-0.3, -0.25) is 4.98 Å². The molecule has 0 aliphatic rings. The first-order valence-corrected chi connectivity index (χ1v) is 6.81. The van der Waals surface area contributed by atoms with Crippen molar-refractivity contribution < 1.29 is 0 Å². The van der Waals surface area contributed by atoms with Gasteiger partial charge >= 0.3 is 0 Å². The highest BCUT2D eigenvalue weighted by molar-refractivity contribution is 5.67. The van der Waals surface area contributed by atoms with E-state index in [9.17, 15) is 0 Å². The van der Waals surface area contributed by atoms with E-state index < -0.39 is 0 Å². The third-order valence-electron chi connectivity index (χ3n) is 3.33. The molecule has 0 aliphatic carbocycles. The van der Waals surface area contributed by atoms with Crippen LogP contribution in [-0.4, -0.2) is 15.0 Å². The van der Waals surface area contributed by atoms with Crippen LogP contribution >= 0.6 is 0 Å². The Kier molecular flexibility index (Phi) is 3.60. The molecule has 0 amide bonds. The number of aromatic nitrogens is 3. The second-order valence-electron chi connectivity index (χ2n) is 4.90. The number of nitrogens with zero attached hydrogens (tertiary/aromatic N) is 3. The smallest absolute Gasteiger partial charge is 0.134 e. The summed E-state index contributed by atoms with van der Waals surface area (Å²) >= 11 is 0. The van der Waals surface area contributed by atoms with Gasteiger partial charge in [0.05, 0.1) is 11.4 Å². The summed E-state index contributed by atoms with van der Waals surface area (Å²) in [5, 5.41) is 3.37. The predicted molar refractivity (Wildman–Crippen MR) is 84.5 cm³/mol. The number of pyridine rings is 1. The normalized spacial score (nSPS) is 10.4. The first-order chi connectivity index (χ1) is 10.2. The van der Waals surface area contributed by atoms with Crippen molar-refractivity contribution in [2.45, 2.75) is 13.8 Å². The van der Waals surface area contributed by atoms with E-state index in [1.807, 2.05) is 24.3 Å². The highest BCUT2D eigenvalue weighted by Gasteiger charge is 2.06. The lowest BCUT2D eigenvalue weighted by Crippen LogP contribution is -1.99. The number of para-hydroxylation sites is 1. The van der Waals surface area contributed by atoms with Gasteiger partial charge in [-0.15, -0.1) is 0 Å². The van der Waals surface area contributed by atoms with Gasteiger partial charge in [0.15, 0.2) is 0 Å². The molecule has 104 valence electrons. The molecule has 0 fully saturated rings. The van der Waals surface area contributed by atoms with Gasteiger partial charge in [-0.1, -0.05) is 24.3 Å². The van der Waals surface area contributed by atoms with Gasteiger partial charge in [-0.05, 0) is 37.1 Å². The molecule has 0 saturated carbocycles. The van der Waals surface area contributed by atoms with Gasteiger partial charge in [0.2, 0.25) is 0 Å². The lowest BCUT2D eigenvalue weighted by molar-refractivity contribution is 1.15. The number of hydrogen-bond acceptors (Lipinski definition) is 4. The summed E-state index contributed by atoms with van der Waals surface area (Å²) in [7, 11) is 0. The topological polar surface area (TPSA) is 50.7 Å². The Morgan fingerprint density at radius 3 is 2.33 bits per heavy atom. The molecule has 1 aromatic carbocycles. The lowest BCUT2D eigenvalue weighted by Gasteiger charge is -2.12. The Morgan fingerprint density at radius 2 is 1.62 bits per heavy atom. The Labute approximate surface area is 123 Å². The largest absolute Gasteiger partial charge is 0.340 e. The highest BCUT2D eigenvalue weighted by Crippen LogP contribution is 2.24. The summed E-state index contributed by atoms with van der Waals surface area (Å²) in [5.74, 6) is 0.767. The van der Waals surface area contributed by atoms with Crippen LogP contribution in [0.5, 0.6) is 0 Å². The molecule has 0 radical (unpaired) electrons. The molecular formula is C17H16N4. The van der Waals surface area contributed by atoms with Crippen molar-refractivity contribution in [2.75, 3.05) is 5.32 Å². The number of benzene rings is 1. The van der Waals surface area contributed by atoms with E-state index in [-0.39, 0.29) is 0 Å². The molecular weight excluding hydrogens is 260 g/mol. The van der Waals surface area contributed by atoms with Crippen molar-refractivity contribution in [3.05, 3.63) is 66.1 Å². The van der Waals surface area contributed by atoms with Crippen molar-refractivity contribution >= 4 is 11.5 Å². The summed E-state index contributed by atoms with van der Waals surface area (Å²) < 4.78 is 0. The van der Waals surface area contributed by atoms with E-state index in [0.29, 0.717) is 0 Å². The average Bonchev–Trinajstić information content (AvgIpc) is 2.52. The van der Waals surface area contributed by atoms with Gasteiger partial charge in [-0.25, -0.2) is 9.97 Å². The van der Waals surface area contributed by atoms with Crippen molar-refractivity contribution in [2.24, 2.45) is 0 Å². The molecule has 3 aromatic rings. The number of rotatable bonds is 3. The fraction of sp³-hybridized carbons (Fsp3) is 0.118. The number of hydrogen-bond donors (Lipinski definition) is 1. The maximum atomic E-state index is 4.31. The van der Waals surface area contributed by atoms with Gasteiger partial charge < -0.3 is 5.32 Å². The van der Waals surface area contributed by atoms with Crippen molar-refractivity contribution in [3.63, 3.8) is 0 Å². The minimum Gasteiger partial charge on any atom is -0.340 e. The Balaban J connectivity index is 1.94. The zero-order valence-corrected chi connectivity index (χ0v) is 12.0. The first kappa shape index (κ1) is 13.2. The van der Waals surface area contributed by atoms with Crippen molar-refractivity contribution in [1.82, 2.24) is 15.0 Å². The average molecular weight is 276 g/mol. The van der Waals surface area contributed by atoms with Crippen LogP contribution in [-0.2, 0) is 0 Å². The van der Waals surface area contributed by atoms with E-state index in [2.05, 4.69) is 52.3 Å². The van der Waals surface area contributed by atoms with Crippen LogP contribution in [0.25, 0.3) is 11.4 Å². The van der Waals surface area contributed by atoms with E-state index in [0.717, 1.165) is 22.9 Å². The lowest BCUT2D eigenvalue weighted by atomic mass is 10.1. The molecule has 0 aliphatic heterocycles. The minimum atomic E-state index is 0.767. The summed E-state index contributed by atoms with van der Waals surface area (Å²) in [4.78, 5) is 12.9. The SMILES string of the molecule is Cc1cccc(C)c1Nc1cc(-c2ccccn2)ncn1. The molecule has 2 aromatic heterocycles.